The van der Waals surface area contributed by atoms with Gasteiger partial charge in [0.15, 0.2) is 0 Å². The van der Waals surface area contributed by atoms with Crippen molar-refractivity contribution in [3.8, 4) is 0 Å². The van der Waals surface area contributed by atoms with E-state index < -0.39 is 0 Å². The molecule has 1 aromatic carbocycles. The maximum atomic E-state index is 12.0. The molecule has 2 nitrogen and oxygen atoms in total. The van der Waals surface area contributed by atoms with Gasteiger partial charge in [0, 0.05) is 17.3 Å². The number of nitrogens with zero attached hydrogens (tertiary/aromatic N) is 1. The molecular weight excluding hydrogens is 346 g/mol. The van der Waals surface area contributed by atoms with Crippen molar-refractivity contribution in [2.75, 3.05) is 6.54 Å². The molecule has 1 aliphatic heterocycles. The highest BCUT2D eigenvalue weighted by Crippen LogP contribution is 2.40. The lowest BCUT2D eigenvalue weighted by molar-refractivity contribution is -0.127. The van der Waals surface area contributed by atoms with Crippen molar-refractivity contribution in [3.05, 3.63) is 68.3 Å². The van der Waals surface area contributed by atoms with Crippen LogP contribution in [0.3, 0.4) is 0 Å². The first kappa shape index (κ1) is 14.5. The molecule has 2 aromatic rings. The van der Waals surface area contributed by atoms with Gasteiger partial charge in [-0.2, -0.15) is 0 Å². The molecule has 0 unspecified atom stereocenters. The van der Waals surface area contributed by atoms with E-state index in [4.69, 9.17) is 0 Å². The molecule has 0 bridgehead atoms. The summed E-state index contributed by atoms with van der Waals surface area (Å²) >= 11 is 5.29. The van der Waals surface area contributed by atoms with Gasteiger partial charge in [-0.3, -0.25) is 4.79 Å². The normalized spacial score (nSPS) is 17.4. The van der Waals surface area contributed by atoms with Crippen LogP contribution in [0.2, 0.25) is 0 Å². The number of benzene rings is 1. The molecule has 1 amide bonds. The average Bonchev–Trinajstić information content (AvgIpc) is 2.86. The Morgan fingerprint density at radius 2 is 2.19 bits per heavy atom. The number of amides is 1. The van der Waals surface area contributed by atoms with Crippen LogP contribution in [0.1, 0.15) is 27.5 Å². The Bertz CT molecular complexity index is 707. The van der Waals surface area contributed by atoms with Crippen molar-refractivity contribution in [1.29, 1.82) is 0 Å². The first-order valence-electron chi connectivity index (χ1n) is 6.85. The van der Waals surface area contributed by atoms with Crippen LogP contribution in [-0.2, 0) is 11.3 Å². The Morgan fingerprint density at radius 3 is 2.90 bits per heavy atom. The van der Waals surface area contributed by atoms with Gasteiger partial charge >= 0.3 is 0 Å². The number of carbonyl (C=O) groups excluding carboxylic acids is 1. The summed E-state index contributed by atoms with van der Waals surface area (Å²) in [6, 6.07) is 10.6. The second-order valence-electron chi connectivity index (χ2n) is 5.26. The number of aryl methyl sites for hydroxylation is 1. The molecular formula is C17H16BrNOS. The Hall–Kier alpha value is -1.39. The summed E-state index contributed by atoms with van der Waals surface area (Å²) in [5, 5.41) is 0. The predicted octanol–water partition coefficient (Wildman–Crippen LogP) is 4.48. The van der Waals surface area contributed by atoms with Crippen molar-refractivity contribution in [2.45, 2.75) is 19.4 Å². The van der Waals surface area contributed by atoms with Gasteiger partial charge in [0.2, 0.25) is 5.91 Å². The topological polar surface area (TPSA) is 20.3 Å². The van der Waals surface area contributed by atoms with Gasteiger partial charge in [0.05, 0.1) is 10.3 Å². The third-order valence-electron chi connectivity index (χ3n) is 3.97. The minimum atomic E-state index is 0.00348. The number of hydrogen-bond donors (Lipinski definition) is 0. The Balaban J connectivity index is 2.08. The summed E-state index contributed by atoms with van der Waals surface area (Å²) in [5.74, 6) is 0.241. The third kappa shape index (κ3) is 2.70. The van der Waals surface area contributed by atoms with E-state index in [2.05, 4.69) is 59.8 Å². The molecule has 1 atom stereocenters. The molecule has 21 heavy (non-hydrogen) atoms. The lowest BCUT2D eigenvalue weighted by Gasteiger charge is -2.33. The van der Waals surface area contributed by atoms with E-state index in [1.54, 1.807) is 11.3 Å². The standard InChI is InChI=1S/C17H16BrNOS/c1-3-17(20)19-9-14(12-7-5-4-6-11(12)2)13-8-16(18)21-15(13)10-19/h3-8,14H,1,9-10H2,2H3/t14-/m0/s1. The molecule has 0 aliphatic carbocycles. The number of hydrogen-bond acceptors (Lipinski definition) is 2. The van der Waals surface area contributed by atoms with E-state index in [0.29, 0.717) is 13.1 Å². The maximum Gasteiger partial charge on any atom is 0.246 e. The summed E-state index contributed by atoms with van der Waals surface area (Å²) in [4.78, 5) is 15.2. The van der Waals surface area contributed by atoms with Crippen molar-refractivity contribution in [2.24, 2.45) is 0 Å². The zero-order valence-electron chi connectivity index (χ0n) is 11.8. The second kappa shape index (κ2) is 5.78. The first-order valence-corrected chi connectivity index (χ1v) is 8.46. The number of carbonyl (C=O) groups is 1. The van der Waals surface area contributed by atoms with E-state index in [1.807, 2.05) is 4.90 Å². The molecule has 0 saturated carbocycles. The molecule has 2 heterocycles. The number of thiophene rings is 1. The van der Waals surface area contributed by atoms with Crippen LogP contribution in [0.15, 0.2) is 46.8 Å². The lowest BCUT2D eigenvalue weighted by atomic mass is 9.86. The Labute approximate surface area is 137 Å². The van der Waals surface area contributed by atoms with Crippen molar-refractivity contribution < 1.29 is 4.79 Å². The van der Waals surface area contributed by atoms with Crippen LogP contribution in [-0.4, -0.2) is 17.4 Å². The van der Waals surface area contributed by atoms with E-state index in [0.717, 1.165) is 3.79 Å². The van der Waals surface area contributed by atoms with Gasteiger partial charge in [-0.15, -0.1) is 11.3 Å². The van der Waals surface area contributed by atoms with Crippen LogP contribution >= 0.6 is 27.3 Å². The van der Waals surface area contributed by atoms with Crippen LogP contribution in [0.5, 0.6) is 0 Å². The monoisotopic (exact) mass is 361 g/mol. The minimum Gasteiger partial charge on any atom is -0.333 e. The number of rotatable bonds is 2. The molecule has 0 spiro atoms. The highest BCUT2D eigenvalue weighted by atomic mass is 79.9. The fourth-order valence-electron chi connectivity index (χ4n) is 2.92. The molecule has 0 N–H and O–H groups in total. The van der Waals surface area contributed by atoms with Crippen LogP contribution in [0.25, 0.3) is 0 Å². The fraction of sp³-hybridized carbons (Fsp3) is 0.235. The summed E-state index contributed by atoms with van der Waals surface area (Å²) in [6.45, 7) is 7.14. The first-order chi connectivity index (χ1) is 10.1. The van der Waals surface area contributed by atoms with Gasteiger partial charge in [0.25, 0.3) is 0 Å². The van der Waals surface area contributed by atoms with Gasteiger partial charge in [-0.05, 0) is 51.7 Å². The van der Waals surface area contributed by atoms with E-state index in [-0.39, 0.29) is 11.8 Å². The average molecular weight is 362 g/mol. The largest absolute Gasteiger partial charge is 0.333 e. The number of halogens is 1. The molecule has 1 aromatic heterocycles. The van der Waals surface area contributed by atoms with Crippen molar-refractivity contribution in [1.82, 2.24) is 4.90 Å². The van der Waals surface area contributed by atoms with Crippen molar-refractivity contribution in [3.63, 3.8) is 0 Å². The summed E-state index contributed by atoms with van der Waals surface area (Å²) in [5.41, 5.74) is 3.91. The van der Waals surface area contributed by atoms with Crippen LogP contribution in [0.4, 0.5) is 0 Å². The van der Waals surface area contributed by atoms with Gasteiger partial charge in [0.1, 0.15) is 0 Å². The number of fused-ring (bicyclic) bond motifs is 1. The maximum absolute atomic E-state index is 12.0. The SMILES string of the molecule is C=CC(=O)N1Cc2sc(Br)cc2[C@H](c2ccccc2C)C1. The quantitative estimate of drug-likeness (QED) is 0.722. The van der Waals surface area contributed by atoms with E-state index in [9.17, 15) is 4.79 Å². The minimum absolute atomic E-state index is 0.00348. The molecule has 0 saturated heterocycles. The predicted molar refractivity (Wildman–Crippen MR) is 90.7 cm³/mol. The molecule has 0 fully saturated rings. The Kier molecular flexibility index (Phi) is 4.00. The Morgan fingerprint density at radius 1 is 1.43 bits per heavy atom. The van der Waals surface area contributed by atoms with E-state index in [1.165, 1.54) is 27.6 Å². The van der Waals surface area contributed by atoms with E-state index >= 15 is 0 Å². The highest BCUT2D eigenvalue weighted by Gasteiger charge is 2.30. The second-order valence-corrected chi connectivity index (χ2v) is 7.78. The molecule has 0 radical (unpaired) electrons. The molecule has 1 aliphatic rings. The van der Waals surface area contributed by atoms with Crippen LogP contribution in [0, 0.1) is 6.92 Å². The summed E-state index contributed by atoms with van der Waals surface area (Å²) in [7, 11) is 0. The molecule has 108 valence electrons. The zero-order chi connectivity index (χ0) is 15.0. The van der Waals surface area contributed by atoms with Gasteiger partial charge in [-0.25, -0.2) is 0 Å². The molecule has 3 rings (SSSR count). The lowest BCUT2D eigenvalue weighted by Crippen LogP contribution is -2.37. The zero-order valence-corrected chi connectivity index (χ0v) is 14.2. The van der Waals surface area contributed by atoms with Gasteiger partial charge in [-0.1, -0.05) is 30.8 Å². The van der Waals surface area contributed by atoms with Crippen molar-refractivity contribution >= 4 is 33.2 Å². The third-order valence-corrected chi connectivity index (χ3v) is 5.61. The smallest absolute Gasteiger partial charge is 0.246 e. The highest BCUT2D eigenvalue weighted by molar-refractivity contribution is 9.11. The van der Waals surface area contributed by atoms with Gasteiger partial charge < -0.3 is 4.90 Å². The van der Waals surface area contributed by atoms with Crippen LogP contribution < -0.4 is 0 Å². The molecule has 4 heteroatoms. The fourth-order valence-corrected chi connectivity index (χ4v) is 4.72. The summed E-state index contributed by atoms with van der Waals surface area (Å²) < 4.78 is 1.12. The summed E-state index contributed by atoms with van der Waals surface area (Å²) in [6.07, 6.45) is 1.41.